The molecule has 1 heterocycles. The number of nitrogens with one attached hydrogen (secondary N) is 1. The Morgan fingerprint density at radius 2 is 1.34 bits per heavy atom. The van der Waals surface area contributed by atoms with Crippen LogP contribution in [0.25, 0.3) is 11.1 Å². The van der Waals surface area contributed by atoms with E-state index in [4.69, 9.17) is 29.4 Å². The normalized spacial score (nSPS) is 13.6. The highest BCUT2D eigenvalue weighted by molar-refractivity contribution is 6.03. The molecule has 0 atom stereocenters. The van der Waals surface area contributed by atoms with E-state index in [0.717, 1.165) is 33.4 Å². The number of carbonyl (C=O) groups excluding carboxylic acids is 4. The minimum Gasteiger partial charge on any atom is -0.448 e. The predicted octanol–water partition coefficient (Wildman–Crippen LogP) is 4.39. The molecule has 15 nitrogen and oxygen atoms in total. The summed E-state index contributed by atoms with van der Waals surface area (Å²) in [6, 6.07) is 28.0. The van der Waals surface area contributed by atoms with Gasteiger partial charge in [0.25, 0.3) is 5.91 Å². The molecular formula is C48H57FN6O9. The summed E-state index contributed by atoms with van der Waals surface area (Å²) in [7, 11) is 0. The molecule has 0 bridgehead atoms. The third kappa shape index (κ3) is 13.0. The zero-order valence-electron chi connectivity index (χ0n) is 36.3. The number of carbonyl (C=O) groups is 4. The van der Waals surface area contributed by atoms with Gasteiger partial charge in [0.05, 0.1) is 64.1 Å². The number of hydrogen-bond acceptors (Lipinski definition) is 11. The summed E-state index contributed by atoms with van der Waals surface area (Å²) < 4.78 is 43.3. The summed E-state index contributed by atoms with van der Waals surface area (Å²) in [6.07, 6.45) is 0.0538. The lowest BCUT2D eigenvalue weighted by Gasteiger charge is -2.36. The second kappa shape index (κ2) is 24.7. The van der Waals surface area contributed by atoms with Crippen molar-refractivity contribution < 1.29 is 47.3 Å². The van der Waals surface area contributed by atoms with Crippen molar-refractivity contribution in [1.82, 2.24) is 20.1 Å². The third-order valence-corrected chi connectivity index (χ3v) is 11.1. The Hall–Kier alpha value is -6.04. The van der Waals surface area contributed by atoms with Crippen molar-refractivity contribution in [3.63, 3.8) is 0 Å². The molecule has 1 saturated heterocycles. The van der Waals surface area contributed by atoms with Crippen molar-refractivity contribution in [3.05, 3.63) is 130 Å². The van der Waals surface area contributed by atoms with Crippen LogP contribution in [-0.2, 0) is 39.7 Å². The number of halogens is 1. The average Bonchev–Trinajstić information content (AvgIpc) is 3.64. The van der Waals surface area contributed by atoms with Gasteiger partial charge in [-0.25, -0.2) is 14.6 Å². The molecule has 0 unspecified atom stereocenters. The number of nitrogens with zero attached hydrogens (tertiary/aromatic N) is 4. The fraction of sp³-hybridized carbons (Fsp3) is 0.396. The second-order valence-electron chi connectivity index (χ2n) is 15.2. The van der Waals surface area contributed by atoms with Crippen LogP contribution < -0.4 is 11.2 Å². The van der Waals surface area contributed by atoms with E-state index in [9.17, 15) is 19.2 Å². The molecule has 4 aromatic rings. The van der Waals surface area contributed by atoms with Gasteiger partial charge >= 0.3 is 6.09 Å². The van der Waals surface area contributed by atoms with E-state index < -0.39 is 17.8 Å². The lowest BCUT2D eigenvalue weighted by Crippen LogP contribution is -2.53. The Kier molecular flexibility index (Phi) is 18.3. The van der Waals surface area contributed by atoms with Crippen LogP contribution in [-0.4, -0.2) is 150 Å². The highest BCUT2D eigenvalue weighted by Gasteiger charge is 2.32. The number of hydrazone groups is 1. The molecule has 64 heavy (non-hydrogen) atoms. The number of fused-ring (bicyclic) bond motifs is 3. The van der Waals surface area contributed by atoms with E-state index in [1.165, 1.54) is 21.9 Å². The smallest absolute Gasteiger partial charge is 0.410 e. The van der Waals surface area contributed by atoms with E-state index in [2.05, 4.69) is 22.7 Å². The van der Waals surface area contributed by atoms with Gasteiger partial charge in [0.15, 0.2) is 0 Å². The van der Waals surface area contributed by atoms with Crippen LogP contribution in [0.15, 0.2) is 96.1 Å². The van der Waals surface area contributed by atoms with E-state index in [-0.39, 0.29) is 82.9 Å². The van der Waals surface area contributed by atoms with Gasteiger partial charge in [0, 0.05) is 57.2 Å². The summed E-state index contributed by atoms with van der Waals surface area (Å²) >= 11 is 0. The fourth-order valence-corrected chi connectivity index (χ4v) is 7.77. The van der Waals surface area contributed by atoms with Crippen molar-refractivity contribution in [2.24, 2.45) is 10.8 Å². The fourth-order valence-electron chi connectivity index (χ4n) is 7.77. The molecule has 2 aliphatic rings. The zero-order chi connectivity index (χ0) is 45.1. The number of piperazine rings is 1. The quantitative estimate of drug-likeness (QED) is 0.0445. The largest absolute Gasteiger partial charge is 0.448 e. The first-order valence-electron chi connectivity index (χ1n) is 21.6. The van der Waals surface area contributed by atoms with Gasteiger partial charge in [-0.15, -0.1) is 0 Å². The monoisotopic (exact) mass is 880 g/mol. The minimum absolute atomic E-state index is 0.0850. The summed E-state index contributed by atoms with van der Waals surface area (Å²) in [6.45, 7) is 5.89. The first kappa shape index (κ1) is 47.4. The van der Waals surface area contributed by atoms with Crippen molar-refractivity contribution in [2.75, 3.05) is 105 Å². The molecule has 1 aliphatic heterocycles. The number of aryl methyl sites for hydroxylation is 1. The number of hydrogen-bond donors (Lipinski definition) is 2. The van der Waals surface area contributed by atoms with E-state index >= 15 is 4.39 Å². The number of rotatable bonds is 24. The van der Waals surface area contributed by atoms with Gasteiger partial charge in [-0.1, -0.05) is 78.9 Å². The maximum atomic E-state index is 15.2. The molecule has 0 aromatic heterocycles. The molecule has 0 saturated carbocycles. The lowest BCUT2D eigenvalue weighted by atomic mass is 9.97. The van der Waals surface area contributed by atoms with E-state index in [1.807, 2.05) is 67.6 Å². The van der Waals surface area contributed by atoms with Crippen LogP contribution in [0.5, 0.6) is 0 Å². The summed E-state index contributed by atoms with van der Waals surface area (Å²) in [5.74, 6) is -1.66. The van der Waals surface area contributed by atoms with E-state index in [0.29, 0.717) is 63.9 Å². The van der Waals surface area contributed by atoms with Crippen LogP contribution in [0.1, 0.15) is 44.1 Å². The maximum Gasteiger partial charge on any atom is 0.410 e. The molecular weight excluding hydrogens is 824 g/mol. The maximum absolute atomic E-state index is 15.2. The first-order valence-corrected chi connectivity index (χ1v) is 21.6. The Morgan fingerprint density at radius 3 is 1.97 bits per heavy atom. The van der Waals surface area contributed by atoms with Crippen LogP contribution >= 0.6 is 0 Å². The van der Waals surface area contributed by atoms with Gasteiger partial charge in [0.2, 0.25) is 12.3 Å². The predicted molar refractivity (Wildman–Crippen MR) is 238 cm³/mol. The van der Waals surface area contributed by atoms with Gasteiger partial charge in [0.1, 0.15) is 19.0 Å². The van der Waals surface area contributed by atoms with E-state index in [1.54, 1.807) is 11.0 Å². The van der Waals surface area contributed by atoms with Crippen molar-refractivity contribution in [3.8, 4) is 11.1 Å². The highest BCUT2D eigenvalue weighted by atomic mass is 19.1. The van der Waals surface area contributed by atoms with Gasteiger partial charge in [-0.2, -0.15) is 5.10 Å². The highest BCUT2D eigenvalue weighted by Crippen LogP contribution is 2.44. The Morgan fingerprint density at radius 1 is 0.766 bits per heavy atom. The van der Waals surface area contributed by atoms with Gasteiger partial charge < -0.3 is 39.2 Å². The number of ether oxygens (including phenoxy) is 5. The topological polar surface area (TPSA) is 175 Å². The number of amides is 4. The lowest BCUT2D eigenvalue weighted by molar-refractivity contribution is -0.133. The first-order chi connectivity index (χ1) is 31.3. The zero-order valence-corrected chi connectivity index (χ0v) is 36.3. The van der Waals surface area contributed by atoms with Gasteiger partial charge in [-0.3, -0.25) is 19.3 Å². The van der Waals surface area contributed by atoms with Crippen LogP contribution in [0.3, 0.4) is 0 Å². The molecule has 4 aromatic carbocycles. The molecule has 1 fully saturated rings. The Labute approximate surface area is 373 Å². The Balaban J connectivity index is 1.03. The number of nitrogens with two attached hydrogens (primary N) is 1. The molecule has 3 N–H and O–H groups in total. The second-order valence-corrected chi connectivity index (χ2v) is 15.2. The van der Waals surface area contributed by atoms with Crippen molar-refractivity contribution >= 4 is 30.0 Å². The third-order valence-electron chi connectivity index (χ3n) is 11.1. The van der Waals surface area contributed by atoms with Gasteiger partial charge in [-0.05, 0) is 52.4 Å². The Bertz CT molecular complexity index is 2170. The summed E-state index contributed by atoms with van der Waals surface area (Å²) in [5, 5.41) is 4.22. The standard InChI is InChI=1S/C48H57FN6O9/c1-35-8-2-3-9-37(35)45(52-51-34-56)31-36-14-15-44(49)42(30-36)47(58)54-19-17-53(18-20-54)46(57)32-55(21-23-61-25-27-63-29-28-62-26-24-60-22-16-50)48(59)64-33-43-40-12-6-4-10-38(40)39-11-5-7-13-41(39)43/h2-15,30,34,43H,16-29,31-33,50H2,1H3,(H,51,56)/b52-45-. The molecule has 1 aliphatic carbocycles. The molecule has 6 rings (SSSR count). The van der Waals surface area contributed by atoms with Crippen LogP contribution in [0.2, 0.25) is 0 Å². The molecule has 0 spiro atoms. The minimum atomic E-state index is -0.672. The average molecular weight is 881 g/mol. The van der Waals surface area contributed by atoms with Crippen LogP contribution in [0.4, 0.5) is 9.18 Å². The molecule has 4 amide bonds. The summed E-state index contributed by atoms with van der Waals surface area (Å²) in [4.78, 5) is 56.8. The van der Waals surface area contributed by atoms with Crippen LogP contribution in [0, 0.1) is 12.7 Å². The molecule has 340 valence electrons. The summed E-state index contributed by atoms with van der Waals surface area (Å²) in [5.41, 5.74) is 14.9. The molecule has 16 heteroatoms. The van der Waals surface area contributed by atoms with Crippen molar-refractivity contribution in [1.29, 1.82) is 0 Å². The molecule has 0 radical (unpaired) electrons. The number of benzene rings is 4. The van der Waals surface area contributed by atoms with Crippen molar-refractivity contribution in [2.45, 2.75) is 19.3 Å². The SMILES string of the molecule is Cc1ccccc1/C(Cc1ccc(F)c(C(=O)N2CCN(C(=O)CN(CCOCCOCCOCCOCCN)C(=O)OCC3c4ccccc4-c4ccccc43)CC2)c1)=N\NC=O.